The molecule has 4 aromatic rings. The molecule has 0 spiro atoms. The molecule has 0 aromatic heterocycles. The van der Waals surface area contributed by atoms with Crippen LogP contribution in [0.1, 0.15) is 53.6 Å². The lowest BCUT2D eigenvalue weighted by atomic mass is 9.67. The fourth-order valence-corrected chi connectivity index (χ4v) is 5.41. The van der Waals surface area contributed by atoms with Crippen molar-refractivity contribution in [2.45, 2.75) is 38.5 Å². The smallest absolute Gasteiger partial charge is 0.118 e. The van der Waals surface area contributed by atoms with Gasteiger partial charge in [-0.25, -0.2) is 0 Å². The first kappa shape index (κ1) is 20.4. The lowest BCUT2D eigenvalue weighted by molar-refractivity contribution is 0.467. The third-order valence-electron chi connectivity index (χ3n) is 6.88. The molecule has 0 aliphatic heterocycles. The van der Waals surface area contributed by atoms with E-state index in [-0.39, 0.29) is 0 Å². The molecule has 5 rings (SSSR count). The van der Waals surface area contributed by atoms with Crippen molar-refractivity contribution in [3.05, 3.63) is 118 Å². The summed E-state index contributed by atoms with van der Waals surface area (Å²) in [5, 5.41) is 21.0. The SMILES string of the molecule is CCCc1cc(C2(c3ccc(O)c(CC)c3)c3ccccc3-c3ccccc32)ccc1O. The monoisotopic (exact) mass is 420 g/mol. The molecule has 1 aliphatic carbocycles. The Hall–Kier alpha value is -3.52. The zero-order chi connectivity index (χ0) is 22.3. The number of aromatic hydroxyl groups is 2. The van der Waals surface area contributed by atoms with Crippen LogP contribution in [-0.2, 0) is 18.3 Å². The second-order valence-corrected chi connectivity index (χ2v) is 8.63. The number of hydrogen-bond acceptors (Lipinski definition) is 2. The van der Waals surface area contributed by atoms with Crippen molar-refractivity contribution in [2.75, 3.05) is 0 Å². The van der Waals surface area contributed by atoms with Crippen LogP contribution in [0.3, 0.4) is 0 Å². The number of aryl methyl sites for hydroxylation is 2. The van der Waals surface area contributed by atoms with Gasteiger partial charge in [-0.3, -0.25) is 0 Å². The van der Waals surface area contributed by atoms with Gasteiger partial charge in [0.1, 0.15) is 11.5 Å². The van der Waals surface area contributed by atoms with E-state index < -0.39 is 5.41 Å². The van der Waals surface area contributed by atoms with E-state index in [2.05, 4.69) is 86.6 Å². The Morgan fingerprint density at radius 1 is 0.625 bits per heavy atom. The third kappa shape index (κ3) is 2.86. The highest BCUT2D eigenvalue weighted by molar-refractivity contribution is 5.86. The summed E-state index contributed by atoms with van der Waals surface area (Å²) in [7, 11) is 0. The molecule has 2 heteroatoms. The molecule has 2 N–H and O–H groups in total. The van der Waals surface area contributed by atoms with Gasteiger partial charge in [-0.15, -0.1) is 0 Å². The summed E-state index contributed by atoms with van der Waals surface area (Å²) in [4.78, 5) is 0. The van der Waals surface area contributed by atoms with E-state index in [1.54, 1.807) is 0 Å². The molecule has 160 valence electrons. The van der Waals surface area contributed by atoms with Gasteiger partial charge in [0.25, 0.3) is 0 Å². The summed E-state index contributed by atoms with van der Waals surface area (Å²) in [6, 6.07) is 29.4. The molecule has 0 saturated carbocycles. The van der Waals surface area contributed by atoms with Gasteiger partial charge in [-0.05, 0) is 69.5 Å². The molecule has 0 saturated heterocycles. The van der Waals surface area contributed by atoms with Gasteiger partial charge in [0.15, 0.2) is 0 Å². The number of hydrogen-bond donors (Lipinski definition) is 2. The van der Waals surface area contributed by atoms with Gasteiger partial charge >= 0.3 is 0 Å². The van der Waals surface area contributed by atoms with E-state index in [4.69, 9.17) is 0 Å². The molecule has 0 atom stereocenters. The highest BCUT2D eigenvalue weighted by Gasteiger charge is 2.46. The van der Waals surface area contributed by atoms with Crippen LogP contribution in [-0.4, -0.2) is 10.2 Å². The second-order valence-electron chi connectivity index (χ2n) is 8.63. The lowest BCUT2D eigenvalue weighted by Gasteiger charge is -2.34. The van der Waals surface area contributed by atoms with Crippen molar-refractivity contribution in [1.29, 1.82) is 0 Å². The van der Waals surface area contributed by atoms with E-state index in [9.17, 15) is 10.2 Å². The van der Waals surface area contributed by atoms with E-state index in [1.165, 1.54) is 22.3 Å². The maximum Gasteiger partial charge on any atom is 0.118 e. The van der Waals surface area contributed by atoms with Crippen molar-refractivity contribution in [1.82, 2.24) is 0 Å². The molecular weight excluding hydrogens is 392 g/mol. The number of phenolic OH excluding ortho intramolecular Hbond substituents is 2. The zero-order valence-electron chi connectivity index (χ0n) is 18.6. The predicted molar refractivity (Wildman–Crippen MR) is 130 cm³/mol. The normalized spacial score (nSPS) is 13.6. The lowest BCUT2D eigenvalue weighted by Crippen LogP contribution is -2.29. The maximum absolute atomic E-state index is 10.5. The van der Waals surface area contributed by atoms with E-state index >= 15 is 0 Å². The maximum atomic E-state index is 10.5. The number of phenols is 2. The van der Waals surface area contributed by atoms with Gasteiger partial charge in [0, 0.05) is 0 Å². The van der Waals surface area contributed by atoms with Crippen LogP contribution in [0.5, 0.6) is 11.5 Å². The first-order chi connectivity index (χ1) is 15.6. The fraction of sp³-hybridized carbons (Fsp3) is 0.200. The summed E-state index contributed by atoms with van der Waals surface area (Å²) in [5.74, 6) is 0.689. The Labute approximate surface area is 189 Å². The van der Waals surface area contributed by atoms with E-state index in [0.29, 0.717) is 11.5 Å². The third-order valence-corrected chi connectivity index (χ3v) is 6.88. The summed E-state index contributed by atoms with van der Waals surface area (Å²) in [6.45, 7) is 4.21. The molecule has 0 fully saturated rings. The molecule has 2 nitrogen and oxygen atoms in total. The Kier molecular flexibility index (Phi) is 5.01. The minimum atomic E-state index is -0.513. The molecule has 32 heavy (non-hydrogen) atoms. The summed E-state index contributed by atoms with van der Waals surface area (Å²) < 4.78 is 0. The van der Waals surface area contributed by atoms with Crippen molar-refractivity contribution in [3.63, 3.8) is 0 Å². The minimum Gasteiger partial charge on any atom is -0.508 e. The molecular formula is C30H28O2. The molecule has 1 aliphatic rings. The van der Waals surface area contributed by atoms with Crippen LogP contribution in [0, 0.1) is 0 Å². The molecule has 0 amide bonds. The Morgan fingerprint density at radius 3 is 1.66 bits per heavy atom. The average molecular weight is 421 g/mol. The van der Waals surface area contributed by atoms with Gasteiger partial charge < -0.3 is 10.2 Å². The zero-order valence-corrected chi connectivity index (χ0v) is 18.6. The van der Waals surface area contributed by atoms with Crippen LogP contribution in [0.4, 0.5) is 0 Å². The largest absolute Gasteiger partial charge is 0.508 e. The fourth-order valence-electron chi connectivity index (χ4n) is 5.41. The molecule has 0 bridgehead atoms. The van der Waals surface area contributed by atoms with Crippen molar-refractivity contribution >= 4 is 0 Å². The predicted octanol–water partition coefficient (Wildman–Crippen LogP) is 6.98. The number of fused-ring (bicyclic) bond motifs is 3. The van der Waals surface area contributed by atoms with Crippen LogP contribution < -0.4 is 0 Å². The standard InChI is InChI=1S/C30H28O2/c1-3-9-21-19-23(15-17-29(21)32)30(22-14-16-28(31)20(4-2)18-22)26-12-7-5-10-24(26)25-11-6-8-13-27(25)30/h5-8,10-19,31-32H,3-4,9H2,1-2H3. The van der Waals surface area contributed by atoms with Crippen LogP contribution in [0.25, 0.3) is 11.1 Å². The molecule has 0 heterocycles. The van der Waals surface area contributed by atoms with Gasteiger partial charge in [0.05, 0.1) is 5.41 Å². The van der Waals surface area contributed by atoms with Crippen molar-refractivity contribution < 1.29 is 10.2 Å². The van der Waals surface area contributed by atoms with Crippen LogP contribution >= 0.6 is 0 Å². The van der Waals surface area contributed by atoms with Gasteiger partial charge in [-0.1, -0.05) is 93.1 Å². The van der Waals surface area contributed by atoms with Crippen molar-refractivity contribution in [3.8, 4) is 22.6 Å². The Morgan fingerprint density at radius 2 is 1.12 bits per heavy atom. The van der Waals surface area contributed by atoms with E-state index in [1.807, 2.05) is 12.1 Å². The first-order valence-electron chi connectivity index (χ1n) is 11.4. The Bertz CT molecular complexity index is 1260. The van der Waals surface area contributed by atoms with Crippen LogP contribution in [0.2, 0.25) is 0 Å². The summed E-state index contributed by atoms with van der Waals surface area (Å²) in [6.07, 6.45) is 2.56. The number of rotatable bonds is 5. The highest BCUT2D eigenvalue weighted by atomic mass is 16.3. The molecule has 4 aromatic carbocycles. The Balaban J connectivity index is 1.92. The van der Waals surface area contributed by atoms with Gasteiger partial charge in [-0.2, -0.15) is 0 Å². The average Bonchev–Trinajstić information content (AvgIpc) is 3.12. The highest BCUT2D eigenvalue weighted by Crippen LogP contribution is 2.56. The topological polar surface area (TPSA) is 40.5 Å². The summed E-state index contributed by atoms with van der Waals surface area (Å²) >= 11 is 0. The second kappa shape index (κ2) is 7.87. The van der Waals surface area contributed by atoms with Crippen LogP contribution in [0.15, 0.2) is 84.9 Å². The minimum absolute atomic E-state index is 0.336. The molecule has 0 radical (unpaired) electrons. The van der Waals surface area contributed by atoms with E-state index in [0.717, 1.165) is 41.5 Å². The number of benzene rings is 4. The van der Waals surface area contributed by atoms with Crippen molar-refractivity contribution in [2.24, 2.45) is 0 Å². The van der Waals surface area contributed by atoms with Gasteiger partial charge in [0.2, 0.25) is 0 Å². The summed E-state index contributed by atoms with van der Waals surface area (Å²) in [5.41, 5.74) is 8.63. The first-order valence-corrected chi connectivity index (χ1v) is 11.4. The molecule has 0 unspecified atom stereocenters. The quantitative estimate of drug-likeness (QED) is 0.322.